The fraction of sp³-hybridized carbons (Fsp3) is 0.500. The summed E-state index contributed by atoms with van der Waals surface area (Å²) in [6.45, 7) is 3.89. The number of carbonyl (C=O) groups excluding carboxylic acids is 1. The average Bonchev–Trinajstić information content (AvgIpc) is 3.28. The number of rotatable bonds is 6. The van der Waals surface area contributed by atoms with Crippen LogP contribution >= 0.6 is 11.3 Å². The molecule has 118 valence electrons. The molecular formula is C16H20N2O3S. The summed E-state index contributed by atoms with van der Waals surface area (Å²) in [5, 5.41) is 0.985. The molecule has 0 N–H and O–H groups in total. The number of carbonyl (C=O) groups is 1. The van der Waals surface area contributed by atoms with Gasteiger partial charge in [-0.2, -0.15) is 0 Å². The standard InChI is InChI=1S/C16H20N2O3S/c1-2-15-17-9-14(22-15)16(19)18(10-12-5-3-7-20-12)11-13-6-4-8-21-13/h3,5,7,9,13H,2,4,6,8,10-11H2,1H3. The molecule has 2 aromatic rings. The average molecular weight is 320 g/mol. The second-order valence-electron chi connectivity index (χ2n) is 5.37. The molecule has 0 saturated carbocycles. The van der Waals surface area contributed by atoms with Crippen molar-refractivity contribution in [2.45, 2.75) is 38.8 Å². The number of aryl methyl sites for hydroxylation is 1. The van der Waals surface area contributed by atoms with E-state index in [1.807, 2.05) is 24.0 Å². The van der Waals surface area contributed by atoms with Crippen molar-refractivity contribution in [1.82, 2.24) is 9.88 Å². The first-order chi connectivity index (χ1) is 10.8. The van der Waals surface area contributed by atoms with E-state index in [2.05, 4.69) is 4.98 Å². The van der Waals surface area contributed by atoms with Gasteiger partial charge in [0, 0.05) is 13.2 Å². The zero-order valence-corrected chi connectivity index (χ0v) is 13.5. The third kappa shape index (κ3) is 3.56. The Hall–Kier alpha value is -1.66. The van der Waals surface area contributed by atoms with Gasteiger partial charge in [0.25, 0.3) is 5.91 Å². The van der Waals surface area contributed by atoms with Gasteiger partial charge in [-0.3, -0.25) is 4.79 Å². The van der Waals surface area contributed by atoms with Crippen molar-refractivity contribution in [2.75, 3.05) is 13.2 Å². The van der Waals surface area contributed by atoms with Crippen LogP contribution in [-0.4, -0.2) is 35.0 Å². The van der Waals surface area contributed by atoms with E-state index in [-0.39, 0.29) is 12.0 Å². The van der Waals surface area contributed by atoms with Crippen LogP contribution in [0, 0.1) is 0 Å². The second kappa shape index (κ2) is 7.07. The van der Waals surface area contributed by atoms with Crippen molar-refractivity contribution in [1.29, 1.82) is 0 Å². The topological polar surface area (TPSA) is 55.6 Å². The molecule has 1 unspecified atom stereocenters. The molecule has 0 bridgehead atoms. The summed E-state index contributed by atoms with van der Waals surface area (Å²) in [4.78, 5) is 19.6. The Balaban J connectivity index is 1.74. The van der Waals surface area contributed by atoms with Gasteiger partial charge in [0.15, 0.2) is 0 Å². The minimum absolute atomic E-state index is 0.00380. The summed E-state index contributed by atoms with van der Waals surface area (Å²) in [5.41, 5.74) is 0. The molecule has 3 rings (SSSR count). The zero-order valence-electron chi connectivity index (χ0n) is 12.7. The summed E-state index contributed by atoms with van der Waals surface area (Å²) >= 11 is 1.47. The van der Waals surface area contributed by atoms with E-state index in [9.17, 15) is 4.79 Å². The number of furan rings is 1. The quantitative estimate of drug-likeness (QED) is 0.820. The normalized spacial score (nSPS) is 17.8. The monoisotopic (exact) mass is 320 g/mol. The van der Waals surface area contributed by atoms with Gasteiger partial charge in [0.05, 0.1) is 30.1 Å². The summed E-state index contributed by atoms with van der Waals surface area (Å²) in [6.07, 6.45) is 6.35. The van der Waals surface area contributed by atoms with Gasteiger partial charge in [0.2, 0.25) is 0 Å². The molecule has 2 aromatic heterocycles. The highest BCUT2D eigenvalue weighted by atomic mass is 32.1. The summed E-state index contributed by atoms with van der Waals surface area (Å²) in [6, 6.07) is 3.73. The molecule has 1 amide bonds. The summed E-state index contributed by atoms with van der Waals surface area (Å²) in [5.74, 6) is 0.788. The lowest BCUT2D eigenvalue weighted by Crippen LogP contribution is -2.36. The molecule has 0 aliphatic carbocycles. The third-order valence-corrected chi connectivity index (χ3v) is 4.86. The highest BCUT2D eigenvalue weighted by molar-refractivity contribution is 7.13. The number of ether oxygens (including phenoxy) is 1. The molecule has 1 aliphatic heterocycles. The van der Waals surface area contributed by atoms with Crippen LogP contribution in [0.2, 0.25) is 0 Å². The van der Waals surface area contributed by atoms with Gasteiger partial charge in [0.1, 0.15) is 10.6 Å². The fourth-order valence-electron chi connectivity index (χ4n) is 2.57. The van der Waals surface area contributed by atoms with E-state index in [1.54, 1.807) is 12.5 Å². The Morgan fingerprint density at radius 2 is 2.45 bits per heavy atom. The predicted octanol–water partition coefficient (Wildman–Crippen LogP) is 3.12. The van der Waals surface area contributed by atoms with Crippen LogP contribution in [0.5, 0.6) is 0 Å². The van der Waals surface area contributed by atoms with E-state index in [0.717, 1.165) is 36.6 Å². The number of hydrogen-bond donors (Lipinski definition) is 0. The number of hydrogen-bond acceptors (Lipinski definition) is 5. The Bertz CT molecular complexity index is 603. The maximum absolute atomic E-state index is 12.8. The second-order valence-corrected chi connectivity index (χ2v) is 6.49. The summed E-state index contributed by atoms with van der Waals surface area (Å²) in [7, 11) is 0. The Morgan fingerprint density at radius 3 is 3.09 bits per heavy atom. The maximum atomic E-state index is 12.8. The molecule has 1 saturated heterocycles. The molecular weight excluding hydrogens is 300 g/mol. The van der Waals surface area contributed by atoms with Crippen LogP contribution in [-0.2, 0) is 17.7 Å². The van der Waals surface area contributed by atoms with Crippen molar-refractivity contribution in [3.8, 4) is 0 Å². The minimum atomic E-state index is 0.00380. The van der Waals surface area contributed by atoms with Crippen LogP contribution in [0.15, 0.2) is 29.0 Å². The molecule has 1 atom stereocenters. The van der Waals surface area contributed by atoms with E-state index in [0.29, 0.717) is 18.0 Å². The smallest absolute Gasteiger partial charge is 0.266 e. The third-order valence-electron chi connectivity index (χ3n) is 3.73. The van der Waals surface area contributed by atoms with Gasteiger partial charge < -0.3 is 14.1 Å². The lowest BCUT2D eigenvalue weighted by atomic mass is 10.2. The predicted molar refractivity (Wildman–Crippen MR) is 83.9 cm³/mol. The van der Waals surface area contributed by atoms with E-state index in [4.69, 9.17) is 9.15 Å². The Kier molecular flexibility index (Phi) is 4.90. The maximum Gasteiger partial charge on any atom is 0.266 e. The molecule has 3 heterocycles. The van der Waals surface area contributed by atoms with Gasteiger partial charge in [-0.05, 0) is 31.4 Å². The first-order valence-corrected chi connectivity index (χ1v) is 8.46. The van der Waals surface area contributed by atoms with Crippen molar-refractivity contribution < 1.29 is 13.9 Å². The molecule has 1 aliphatic rings. The van der Waals surface area contributed by atoms with Crippen molar-refractivity contribution in [3.05, 3.63) is 40.2 Å². The van der Waals surface area contributed by atoms with Crippen molar-refractivity contribution in [3.63, 3.8) is 0 Å². The highest BCUT2D eigenvalue weighted by Crippen LogP contribution is 2.20. The number of aromatic nitrogens is 1. The Morgan fingerprint density at radius 1 is 1.55 bits per heavy atom. The molecule has 0 radical (unpaired) electrons. The van der Waals surface area contributed by atoms with Crippen LogP contribution in [0.3, 0.4) is 0 Å². The van der Waals surface area contributed by atoms with Crippen LogP contribution in [0.4, 0.5) is 0 Å². The fourth-order valence-corrected chi connectivity index (χ4v) is 3.40. The number of thiazole rings is 1. The van der Waals surface area contributed by atoms with Crippen molar-refractivity contribution in [2.24, 2.45) is 0 Å². The zero-order chi connectivity index (χ0) is 15.4. The number of nitrogens with zero attached hydrogens (tertiary/aromatic N) is 2. The molecule has 6 heteroatoms. The summed E-state index contributed by atoms with van der Waals surface area (Å²) < 4.78 is 11.1. The SMILES string of the molecule is CCc1ncc(C(=O)N(Cc2ccco2)CC2CCCO2)s1. The molecule has 5 nitrogen and oxygen atoms in total. The lowest BCUT2D eigenvalue weighted by Gasteiger charge is -2.24. The lowest BCUT2D eigenvalue weighted by molar-refractivity contribution is 0.0495. The largest absolute Gasteiger partial charge is 0.467 e. The van der Waals surface area contributed by atoms with Crippen molar-refractivity contribution >= 4 is 17.2 Å². The van der Waals surface area contributed by atoms with Gasteiger partial charge in [-0.25, -0.2) is 4.98 Å². The van der Waals surface area contributed by atoms with E-state index < -0.39 is 0 Å². The Labute approximate surface area is 133 Å². The highest BCUT2D eigenvalue weighted by Gasteiger charge is 2.25. The number of amides is 1. The molecule has 0 aromatic carbocycles. The molecule has 22 heavy (non-hydrogen) atoms. The molecule has 1 fully saturated rings. The van der Waals surface area contributed by atoms with E-state index in [1.165, 1.54) is 11.3 Å². The van der Waals surface area contributed by atoms with Crippen LogP contribution in [0.25, 0.3) is 0 Å². The van der Waals surface area contributed by atoms with Gasteiger partial charge in [-0.1, -0.05) is 6.92 Å². The molecule has 0 spiro atoms. The first kappa shape index (κ1) is 15.2. The van der Waals surface area contributed by atoms with E-state index >= 15 is 0 Å². The minimum Gasteiger partial charge on any atom is -0.467 e. The first-order valence-electron chi connectivity index (χ1n) is 7.64. The van der Waals surface area contributed by atoms with Crippen LogP contribution in [0.1, 0.15) is 40.2 Å². The van der Waals surface area contributed by atoms with Gasteiger partial charge in [-0.15, -0.1) is 11.3 Å². The van der Waals surface area contributed by atoms with Crippen LogP contribution < -0.4 is 0 Å². The van der Waals surface area contributed by atoms with Gasteiger partial charge >= 0.3 is 0 Å².